The van der Waals surface area contributed by atoms with Gasteiger partial charge in [-0.3, -0.25) is 0 Å². The zero-order chi connectivity index (χ0) is 14.1. The Kier molecular flexibility index (Phi) is 4.35. The Morgan fingerprint density at radius 3 is 1.61 bits per heavy atom. The normalized spacial score (nSPS) is 12.9. The van der Waals surface area contributed by atoms with Crippen LogP contribution in [0, 0.1) is 0 Å². The topological polar surface area (TPSA) is 0 Å². The van der Waals surface area contributed by atoms with Gasteiger partial charge in [0.05, 0.1) is 11.1 Å². The number of halogens is 7. The van der Waals surface area contributed by atoms with Crippen LogP contribution in [0.3, 0.4) is 0 Å². The highest BCUT2D eigenvalue weighted by molar-refractivity contribution is 9.08. The Balaban J connectivity index is 3.71. The lowest BCUT2D eigenvalue weighted by molar-refractivity contribution is -0.162. The molecule has 7 heteroatoms. The lowest BCUT2D eigenvalue weighted by Crippen LogP contribution is -2.21. The minimum Gasteiger partial charge on any atom is -0.166 e. The zero-order valence-electron chi connectivity index (χ0n) is 9.21. The van der Waals surface area contributed by atoms with E-state index in [2.05, 4.69) is 15.9 Å². The molecule has 0 radical (unpaired) electrons. The van der Waals surface area contributed by atoms with E-state index in [0.29, 0.717) is 0 Å². The molecule has 0 nitrogen and oxygen atoms in total. The van der Waals surface area contributed by atoms with Gasteiger partial charge in [0.25, 0.3) is 0 Å². The summed E-state index contributed by atoms with van der Waals surface area (Å²) in [6.45, 7) is 1.39. The molecule has 18 heavy (non-hydrogen) atoms. The van der Waals surface area contributed by atoms with Crippen molar-refractivity contribution >= 4 is 15.9 Å². The van der Waals surface area contributed by atoms with Crippen LogP contribution in [-0.2, 0) is 24.1 Å². The summed E-state index contributed by atoms with van der Waals surface area (Å²) in [6.07, 6.45) is -10.2. The summed E-state index contributed by atoms with van der Waals surface area (Å²) in [7, 11) is 0. The van der Waals surface area contributed by atoms with E-state index < -0.39 is 29.0 Å². The minimum absolute atomic E-state index is 0.111. The maximum absolute atomic E-state index is 12.8. The number of hydrogen-bond donors (Lipinski definition) is 0. The van der Waals surface area contributed by atoms with E-state index in [1.807, 2.05) is 0 Å². The molecule has 0 saturated carbocycles. The number of hydrogen-bond acceptors (Lipinski definition) is 0. The maximum Gasteiger partial charge on any atom is 0.417 e. The second-order valence-electron chi connectivity index (χ2n) is 3.62. The van der Waals surface area contributed by atoms with Crippen LogP contribution in [0.25, 0.3) is 0 Å². The highest BCUT2D eigenvalue weighted by atomic mass is 79.9. The van der Waals surface area contributed by atoms with Gasteiger partial charge in [-0.05, 0) is 17.5 Å². The first-order valence-corrected chi connectivity index (χ1v) is 6.10. The number of alkyl halides is 7. The van der Waals surface area contributed by atoms with E-state index in [4.69, 9.17) is 0 Å². The highest BCUT2D eigenvalue weighted by Crippen LogP contribution is 2.44. The number of benzene rings is 1. The summed E-state index contributed by atoms with van der Waals surface area (Å²) in [4.78, 5) is 0. The van der Waals surface area contributed by atoms with Gasteiger partial charge < -0.3 is 0 Å². The van der Waals surface area contributed by atoms with Gasteiger partial charge in [0, 0.05) is 5.33 Å². The quantitative estimate of drug-likeness (QED) is 0.516. The molecule has 0 fully saturated rings. The molecule has 0 heterocycles. The Bertz CT molecular complexity index is 391. The van der Waals surface area contributed by atoms with Crippen molar-refractivity contribution in [2.45, 2.75) is 31.0 Å². The minimum atomic E-state index is -5.03. The molecular formula is C11H9BrF6. The van der Waals surface area contributed by atoms with E-state index in [1.54, 1.807) is 0 Å². The van der Waals surface area contributed by atoms with Crippen LogP contribution in [0.2, 0.25) is 0 Å². The lowest BCUT2D eigenvalue weighted by atomic mass is 9.94. The molecule has 1 aromatic carbocycles. The van der Waals surface area contributed by atoms with Crippen molar-refractivity contribution in [2.75, 3.05) is 0 Å². The van der Waals surface area contributed by atoms with Crippen molar-refractivity contribution in [1.29, 1.82) is 0 Å². The van der Waals surface area contributed by atoms with Crippen LogP contribution in [0.1, 0.15) is 29.2 Å². The van der Waals surface area contributed by atoms with Gasteiger partial charge in [-0.15, -0.1) is 0 Å². The van der Waals surface area contributed by atoms with Gasteiger partial charge in [-0.1, -0.05) is 35.0 Å². The lowest BCUT2D eigenvalue weighted by Gasteiger charge is -2.21. The van der Waals surface area contributed by atoms with Crippen LogP contribution in [0.4, 0.5) is 26.3 Å². The fraction of sp³-hybridized carbons (Fsp3) is 0.455. The molecule has 0 spiro atoms. The van der Waals surface area contributed by atoms with Gasteiger partial charge >= 0.3 is 12.4 Å². The Morgan fingerprint density at radius 2 is 1.28 bits per heavy atom. The average Bonchev–Trinajstić information content (AvgIpc) is 2.24. The van der Waals surface area contributed by atoms with E-state index in [-0.39, 0.29) is 17.3 Å². The van der Waals surface area contributed by atoms with Gasteiger partial charge in [0.15, 0.2) is 0 Å². The summed E-state index contributed by atoms with van der Waals surface area (Å²) < 4.78 is 76.9. The van der Waals surface area contributed by atoms with Crippen molar-refractivity contribution in [2.24, 2.45) is 0 Å². The first kappa shape index (κ1) is 15.3. The molecule has 0 unspecified atom stereocenters. The molecule has 0 saturated heterocycles. The molecule has 0 atom stereocenters. The highest BCUT2D eigenvalue weighted by Gasteiger charge is 2.45. The second kappa shape index (κ2) is 5.11. The summed E-state index contributed by atoms with van der Waals surface area (Å²) in [5.41, 5.74) is -3.92. The van der Waals surface area contributed by atoms with Crippen LogP contribution >= 0.6 is 15.9 Å². The van der Waals surface area contributed by atoms with Crippen molar-refractivity contribution < 1.29 is 26.3 Å². The second-order valence-corrected chi connectivity index (χ2v) is 4.18. The Morgan fingerprint density at radius 1 is 0.889 bits per heavy atom. The average molecular weight is 335 g/mol. The third kappa shape index (κ3) is 2.99. The first-order chi connectivity index (χ1) is 8.12. The molecule has 102 valence electrons. The van der Waals surface area contributed by atoms with E-state index >= 15 is 0 Å². The zero-order valence-corrected chi connectivity index (χ0v) is 10.8. The smallest absolute Gasteiger partial charge is 0.166 e. The van der Waals surface area contributed by atoms with Crippen molar-refractivity contribution in [3.8, 4) is 0 Å². The first-order valence-electron chi connectivity index (χ1n) is 4.98. The van der Waals surface area contributed by atoms with Crippen LogP contribution in [0.5, 0.6) is 0 Å². The van der Waals surface area contributed by atoms with Gasteiger partial charge in [-0.2, -0.15) is 26.3 Å². The van der Waals surface area contributed by atoms with Gasteiger partial charge in [-0.25, -0.2) is 0 Å². The molecule has 0 aliphatic rings. The molecule has 1 rings (SSSR count). The van der Waals surface area contributed by atoms with Crippen LogP contribution in [0.15, 0.2) is 12.1 Å². The Hall–Kier alpha value is -0.720. The summed E-state index contributed by atoms with van der Waals surface area (Å²) >= 11 is 2.78. The molecule has 0 aromatic heterocycles. The fourth-order valence-electron chi connectivity index (χ4n) is 1.74. The Labute approximate surface area is 108 Å². The standard InChI is InChI=1S/C11H9BrF6/c1-2-6-3-4-7(5-12)9(11(16,17)18)8(6)10(13,14)15/h3-4H,2,5H2,1H3. The predicted octanol–water partition coefficient (Wildman–Crippen LogP) is 5.18. The molecule has 1 aromatic rings. The predicted molar refractivity (Wildman–Crippen MR) is 58.5 cm³/mol. The number of rotatable bonds is 2. The van der Waals surface area contributed by atoms with Crippen LogP contribution in [-0.4, -0.2) is 0 Å². The van der Waals surface area contributed by atoms with E-state index in [9.17, 15) is 26.3 Å². The summed E-state index contributed by atoms with van der Waals surface area (Å²) in [5.74, 6) is 0. The van der Waals surface area contributed by atoms with Crippen molar-refractivity contribution in [3.63, 3.8) is 0 Å². The molecule has 0 aliphatic carbocycles. The summed E-state index contributed by atoms with van der Waals surface area (Å²) in [5, 5.41) is -0.283. The third-order valence-electron chi connectivity index (χ3n) is 2.47. The fourth-order valence-corrected chi connectivity index (χ4v) is 2.21. The van der Waals surface area contributed by atoms with Gasteiger partial charge in [0.1, 0.15) is 0 Å². The van der Waals surface area contributed by atoms with Crippen molar-refractivity contribution in [3.05, 3.63) is 34.4 Å². The largest absolute Gasteiger partial charge is 0.417 e. The van der Waals surface area contributed by atoms with E-state index in [0.717, 1.165) is 12.1 Å². The van der Waals surface area contributed by atoms with Crippen molar-refractivity contribution in [1.82, 2.24) is 0 Å². The van der Waals surface area contributed by atoms with Gasteiger partial charge in [0.2, 0.25) is 0 Å². The summed E-state index contributed by atoms with van der Waals surface area (Å²) in [6, 6.07) is 2.17. The molecule has 0 aliphatic heterocycles. The molecule has 0 amide bonds. The molecule has 0 N–H and O–H groups in total. The maximum atomic E-state index is 12.8. The SMILES string of the molecule is CCc1ccc(CBr)c(C(F)(F)F)c1C(F)(F)F. The molecule has 0 bridgehead atoms. The van der Waals surface area contributed by atoms with Crippen LogP contribution < -0.4 is 0 Å². The van der Waals surface area contributed by atoms with E-state index in [1.165, 1.54) is 6.92 Å². The monoisotopic (exact) mass is 334 g/mol. The number of aryl methyl sites for hydroxylation is 1. The third-order valence-corrected chi connectivity index (χ3v) is 3.07. The molecular weight excluding hydrogens is 326 g/mol.